The lowest BCUT2D eigenvalue weighted by atomic mass is 10.1. The van der Waals surface area contributed by atoms with E-state index in [1.807, 2.05) is 39.5 Å². The van der Waals surface area contributed by atoms with Gasteiger partial charge in [-0.1, -0.05) is 11.6 Å². The highest BCUT2D eigenvalue weighted by molar-refractivity contribution is 6.31. The van der Waals surface area contributed by atoms with E-state index in [0.717, 1.165) is 0 Å². The number of amides is 1. The van der Waals surface area contributed by atoms with Crippen molar-refractivity contribution in [1.82, 2.24) is 9.88 Å². The Bertz CT molecular complexity index is 908. The van der Waals surface area contributed by atoms with Gasteiger partial charge in [0.15, 0.2) is 5.58 Å². The summed E-state index contributed by atoms with van der Waals surface area (Å²) in [7, 11) is 0. The second-order valence-electron chi connectivity index (χ2n) is 8.09. The second kappa shape index (κ2) is 7.16. The van der Waals surface area contributed by atoms with Crippen LogP contribution in [0.25, 0.3) is 11.1 Å². The fraction of sp³-hybridized carbons (Fsp3) is 0.526. The highest BCUT2D eigenvalue weighted by Gasteiger charge is 2.36. The van der Waals surface area contributed by atoms with E-state index in [9.17, 15) is 14.7 Å². The molecule has 0 aliphatic carbocycles. The highest BCUT2D eigenvalue weighted by atomic mass is 35.5. The number of hydrogen-bond donors (Lipinski definition) is 1. The zero-order chi connectivity index (χ0) is 20.8. The van der Waals surface area contributed by atoms with Crippen molar-refractivity contribution in [2.45, 2.75) is 52.3 Å². The fourth-order valence-corrected chi connectivity index (χ4v) is 3.64. The Balaban J connectivity index is 1.88. The van der Waals surface area contributed by atoms with Crippen LogP contribution in [0, 0.1) is 0 Å². The number of aromatic carboxylic acids is 1. The number of anilines is 1. The van der Waals surface area contributed by atoms with Gasteiger partial charge in [0.2, 0.25) is 0 Å². The number of aromatic nitrogens is 1. The number of fused-ring (bicyclic) bond motifs is 1. The topological polar surface area (TPSA) is 96.1 Å². The van der Waals surface area contributed by atoms with Gasteiger partial charge in [0, 0.05) is 36.3 Å². The number of carbonyl (C=O) groups excluding carboxylic acids is 1. The summed E-state index contributed by atoms with van der Waals surface area (Å²) in [4.78, 5) is 31.9. The molecule has 1 aromatic heterocycles. The smallest absolute Gasteiger partial charge is 0.410 e. The summed E-state index contributed by atoms with van der Waals surface area (Å²) >= 11 is 6.00. The van der Waals surface area contributed by atoms with Crippen molar-refractivity contribution in [3.63, 3.8) is 0 Å². The Morgan fingerprint density at radius 3 is 2.39 bits per heavy atom. The van der Waals surface area contributed by atoms with E-state index in [1.165, 1.54) is 6.07 Å². The average molecular weight is 410 g/mol. The maximum atomic E-state index is 12.4. The van der Waals surface area contributed by atoms with E-state index in [-0.39, 0.29) is 34.3 Å². The first-order valence-electron chi connectivity index (χ1n) is 9.06. The van der Waals surface area contributed by atoms with Gasteiger partial charge in [-0.25, -0.2) is 9.59 Å². The van der Waals surface area contributed by atoms with Crippen molar-refractivity contribution >= 4 is 40.8 Å². The summed E-state index contributed by atoms with van der Waals surface area (Å²) < 4.78 is 11.3. The Morgan fingerprint density at radius 1 is 1.25 bits per heavy atom. The number of nitrogens with zero attached hydrogens (tertiary/aromatic N) is 3. The van der Waals surface area contributed by atoms with Gasteiger partial charge < -0.3 is 24.1 Å². The van der Waals surface area contributed by atoms with Crippen LogP contribution in [0.1, 0.15) is 45.0 Å². The third-order valence-electron chi connectivity index (χ3n) is 4.47. The summed E-state index contributed by atoms with van der Waals surface area (Å²) in [6, 6.07) is 3.00. The number of hydrogen-bond acceptors (Lipinski definition) is 6. The molecule has 1 aliphatic heterocycles. The summed E-state index contributed by atoms with van der Waals surface area (Å²) in [5, 5.41) is 9.67. The molecule has 2 aromatic rings. The van der Waals surface area contributed by atoms with E-state index < -0.39 is 11.6 Å². The van der Waals surface area contributed by atoms with Crippen molar-refractivity contribution in [2.75, 3.05) is 18.0 Å². The minimum absolute atomic E-state index is 0.00908. The Kier molecular flexibility index (Phi) is 5.18. The molecule has 2 unspecified atom stereocenters. The molecule has 1 amide bonds. The number of benzene rings is 1. The molecule has 2 heterocycles. The van der Waals surface area contributed by atoms with Crippen LogP contribution in [-0.4, -0.2) is 57.8 Å². The standard InChI is InChI=1S/C19H24ClN3O5/c1-10-8-22(18(26)28-19(3,4)5)9-11(2)23(10)17-21-15-13(16(24)25)6-12(20)7-14(15)27-17/h6-7,10-11H,8-9H2,1-5H3,(H,24,25). The number of rotatable bonds is 2. The largest absolute Gasteiger partial charge is 0.478 e. The molecule has 1 aromatic carbocycles. The number of ether oxygens (including phenoxy) is 1. The van der Waals surface area contributed by atoms with Crippen LogP contribution in [0.4, 0.5) is 10.8 Å². The monoisotopic (exact) mass is 409 g/mol. The number of oxazole rings is 1. The Morgan fingerprint density at radius 2 is 1.86 bits per heavy atom. The van der Waals surface area contributed by atoms with Crippen molar-refractivity contribution < 1.29 is 23.8 Å². The molecule has 1 fully saturated rings. The van der Waals surface area contributed by atoms with Crippen LogP contribution < -0.4 is 4.90 Å². The minimum atomic E-state index is -1.12. The van der Waals surface area contributed by atoms with Crippen LogP contribution in [0.15, 0.2) is 16.5 Å². The van der Waals surface area contributed by atoms with Crippen molar-refractivity contribution in [2.24, 2.45) is 0 Å². The lowest BCUT2D eigenvalue weighted by Gasteiger charge is -2.43. The van der Waals surface area contributed by atoms with E-state index >= 15 is 0 Å². The normalized spacial score (nSPS) is 20.5. The lowest BCUT2D eigenvalue weighted by Crippen LogP contribution is -2.59. The maximum absolute atomic E-state index is 12.4. The van der Waals surface area contributed by atoms with Gasteiger partial charge in [0.05, 0.1) is 5.56 Å². The Hall–Kier alpha value is -2.48. The molecule has 2 atom stereocenters. The summed E-state index contributed by atoms with van der Waals surface area (Å²) in [6.45, 7) is 10.3. The van der Waals surface area contributed by atoms with Crippen LogP contribution >= 0.6 is 11.6 Å². The van der Waals surface area contributed by atoms with Crippen LogP contribution in [-0.2, 0) is 4.74 Å². The molecule has 9 heteroatoms. The van der Waals surface area contributed by atoms with Crippen molar-refractivity contribution in [3.8, 4) is 0 Å². The van der Waals surface area contributed by atoms with Gasteiger partial charge in [-0.3, -0.25) is 0 Å². The van der Waals surface area contributed by atoms with Gasteiger partial charge >= 0.3 is 12.1 Å². The van der Waals surface area contributed by atoms with Gasteiger partial charge in [-0.15, -0.1) is 0 Å². The van der Waals surface area contributed by atoms with E-state index in [2.05, 4.69) is 4.98 Å². The second-order valence-corrected chi connectivity index (χ2v) is 8.53. The quantitative estimate of drug-likeness (QED) is 0.800. The fourth-order valence-electron chi connectivity index (χ4n) is 3.43. The first kappa shape index (κ1) is 20.3. The molecule has 0 radical (unpaired) electrons. The molecule has 28 heavy (non-hydrogen) atoms. The summed E-state index contributed by atoms with van der Waals surface area (Å²) in [5.41, 5.74) is -0.00652. The molecule has 0 saturated carbocycles. The number of halogens is 1. The molecule has 1 saturated heterocycles. The number of piperazine rings is 1. The van der Waals surface area contributed by atoms with E-state index in [4.69, 9.17) is 20.8 Å². The highest BCUT2D eigenvalue weighted by Crippen LogP contribution is 2.31. The predicted molar refractivity (Wildman–Crippen MR) is 105 cm³/mol. The SMILES string of the molecule is CC1CN(C(=O)OC(C)(C)C)CC(C)N1c1nc2c(C(=O)O)cc(Cl)cc2o1. The summed E-state index contributed by atoms with van der Waals surface area (Å²) in [5.74, 6) is -1.12. The molecule has 3 rings (SSSR count). The van der Waals surface area contributed by atoms with Gasteiger partial charge in [0.25, 0.3) is 6.01 Å². The maximum Gasteiger partial charge on any atom is 0.410 e. The number of carboxylic acid groups (broad SMARTS) is 1. The number of carbonyl (C=O) groups is 2. The summed E-state index contributed by atoms with van der Waals surface area (Å²) in [6.07, 6.45) is -0.358. The molecule has 0 bridgehead atoms. The van der Waals surface area contributed by atoms with Crippen molar-refractivity contribution in [1.29, 1.82) is 0 Å². The van der Waals surface area contributed by atoms with Crippen molar-refractivity contribution in [3.05, 3.63) is 22.7 Å². The molecular formula is C19H24ClN3O5. The minimum Gasteiger partial charge on any atom is -0.478 e. The lowest BCUT2D eigenvalue weighted by molar-refractivity contribution is 0.0189. The third-order valence-corrected chi connectivity index (χ3v) is 4.69. The van der Waals surface area contributed by atoms with E-state index in [1.54, 1.807) is 11.0 Å². The van der Waals surface area contributed by atoms with Crippen LogP contribution in [0.2, 0.25) is 5.02 Å². The van der Waals surface area contributed by atoms with Gasteiger partial charge in [-0.05, 0) is 40.7 Å². The van der Waals surface area contributed by atoms with E-state index in [0.29, 0.717) is 24.7 Å². The third kappa shape index (κ3) is 4.01. The Labute approximate surface area is 168 Å². The zero-order valence-corrected chi connectivity index (χ0v) is 17.3. The molecule has 8 nitrogen and oxygen atoms in total. The molecule has 0 spiro atoms. The molecule has 152 valence electrons. The predicted octanol–water partition coefficient (Wildman–Crippen LogP) is 4.01. The van der Waals surface area contributed by atoms with Gasteiger partial charge in [0.1, 0.15) is 11.1 Å². The number of carboxylic acids is 1. The van der Waals surface area contributed by atoms with Gasteiger partial charge in [-0.2, -0.15) is 4.98 Å². The molecular weight excluding hydrogens is 386 g/mol. The molecule has 1 aliphatic rings. The van der Waals surface area contributed by atoms with Crippen LogP contribution in [0.5, 0.6) is 0 Å². The zero-order valence-electron chi connectivity index (χ0n) is 16.5. The molecule has 1 N–H and O–H groups in total. The first-order valence-corrected chi connectivity index (χ1v) is 9.43. The first-order chi connectivity index (χ1) is 13.0. The average Bonchev–Trinajstić information content (AvgIpc) is 2.94. The van der Waals surface area contributed by atoms with Crippen LogP contribution in [0.3, 0.4) is 0 Å².